The average molecular weight is 906 g/mol. The Morgan fingerprint density at radius 2 is 0.739 bits per heavy atom. The normalized spacial score (nSPS) is 11.5. The van der Waals surface area contributed by atoms with E-state index in [4.69, 9.17) is 0 Å². The number of para-hydroxylation sites is 2. The van der Waals surface area contributed by atoms with E-state index in [-0.39, 0.29) is 22.5 Å². The van der Waals surface area contributed by atoms with Crippen molar-refractivity contribution in [1.82, 2.24) is 19.1 Å². The minimum atomic E-state index is -2.28. The van der Waals surface area contributed by atoms with Gasteiger partial charge in [-0.15, -0.1) is 0 Å². The van der Waals surface area contributed by atoms with E-state index in [2.05, 4.69) is 16.0 Å². The molecule has 0 aliphatic heterocycles. The van der Waals surface area contributed by atoms with E-state index < -0.39 is 34.6 Å². The molecule has 0 atom stereocenters. The third-order valence-corrected chi connectivity index (χ3v) is 12.8. The minimum Gasteiger partial charge on any atom is -0.308 e. The van der Waals surface area contributed by atoms with Crippen LogP contribution in [0.4, 0.5) is 22.0 Å². The van der Waals surface area contributed by atoms with Gasteiger partial charge in [0.2, 0.25) is 5.82 Å². The smallest absolute Gasteiger partial charge is 0.200 e. The number of nitrogens with zero attached hydrogens (tertiary/aromatic N) is 5. The number of aromatic nitrogens is 4. The zero-order valence-corrected chi connectivity index (χ0v) is 36.1. The van der Waals surface area contributed by atoms with Gasteiger partial charge in [-0.3, -0.25) is 9.97 Å². The maximum Gasteiger partial charge on any atom is 0.200 e. The summed E-state index contributed by atoms with van der Waals surface area (Å²) in [6.45, 7) is 0. The molecule has 5 nitrogen and oxygen atoms in total. The molecular formula is C59H32F5N5. The second-order valence-corrected chi connectivity index (χ2v) is 16.7. The van der Waals surface area contributed by atoms with Crippen LogP contribution in [0.2, 0.25) is 0 Å². The molecule has 4 aromatic heterocycles. The number of hydrogen-bond donors (Lipinski definition) is 0. The van der Waals surface area contributed by atoms with Gasteiger partial charge < -0.3 is 9.13 Å². The SMILES string of the molecule is N#Cc1cc(-n2c3ccccc3c3cc(-c4ccnc(-c5ccccc5)c4)ccc32)c(-c2c(F)c(F)c(F)c(F)c2F)c(-n2c3ccccc3c3cc(-c4ccnc(-c5ccccc5)c4)ccc32)c1. The molecule has 0 spiro atoms. The van der Waals surface area contributed by atoms with Gasteiger partial charge in [-0.05, 0) is 95.1 Å². The van der Waals surface area contributed by atoms with Gasteiger partial charge in [0, 0.05) is 50.6 Å². The summed E-state index contributed by atoms with van der Waals surface area (Å²) in [6, 6.07) is 58.8. The number of pyridine rings is 2. The molecule has 0 saturated heterocycles. The highest BCUT2D eigenvalue weighted by Gasteiger charge is 2.32. The number of hydrogen-bond acceptors (Lipinski definition) is 3. The molecule has 328 valence electrons. The molecule has 12 aromatic rings. The lowest BCUT2D eigenvalue weighted by Gasteiger charge is -2.22. The van der Waals surface area contributed by atoms with E-state index in [1.54, 1.807) is 33.7 Å². The van der Waals surface area contributed by atoms with Crippen molar-refractivity contribution in [3.63, 3.8) is 0 Å². The monoisotopic (exact) mass is 905 g/mol. The predicted octanol–water partition coefficient (Wildman–Crippen LogP) is 15.6. The van der Waals surface area contributed by atoms with Crippen molar-refractivity contribution in [2.24, 2.45) is 0 Å². The summed E-state index contributed by atoms with van der Waals surface area (Å²) in [4.78, 5) is 9.21. The first-order valence-corrected chi connectivity index (χ1v) is 22.0. The minimum absolute atomic E-state index is 0.0225. The molecule has 10 heteroatoms. The van der Waals surface area contributed by atoms with Crippen LogP contribution in [0.15, 0.2) is 194 Å². The topological polar surface area (TPSA) is 59.4 Å². The van der Waals surface area contributed by atoms with Crippen LogP contribution in [0.25, 0.3) is 111 Å². The largest absolute Gasteiger partial charge is 0.308 e. The first-order valence-electron chi connectivity index (χ1n) is 22.0. The zero-order valence-electron chi connectivity index (χ0n) is 36.1. The number of rotatable bonds is 7. The van der Waals surface area contributed by atoms with Gasteiger partial charge in [0.15, 0.2) is 23.3 Å². The van der Waals surface area contributed by atoms with Crippen molar-refractivity contribution >= 4 is 43.6 Å². The van der Waals surface area contributed by atoms with Crippen LogP contribution in [-0.2, 0) is 0 Å². The van der Waals surface area contributed by atoms with Gasteiger partial charge in [-0.25, -0.2) is 22.0 Å². The summed E-state index contributed by atoms with van der Waals surface area (Å²) >= 11 is 0. The van der Waals surface area contributed by atoms with E-state index in [1.165, 1.54) is 12.1 Å². The van der Waals surface area contributed by atoms with Crippen molar-refractivity contribution in [2.45, 2.75) is 0 Å². The summed E-state index contributed by atoms with van der Waals surface area (Å²) in [5.74, 6) is -10.5. The summed E-state index contributed by atoms with van der Waals surface area (Å²) in [6.07, 6.45) is 3.49. The second-order valence-electron chi connectivity index (χ2n) is 16.7. The molecule has 0 saturated carbocycles. The Hall–Kier alpha value is -9.20. The Balaban J connectivity index is 1.15. The third kappa shape index (κ3) is 6.66. The summed E-state index contributed by atoms with van der Waals surface area (Å²) in [5, 5.41) is 13.7. The van der Waals surface area contributed by atoms with Crippen LogP contribution >= 0.6 is 0 Å². The molecule has 0 aliphatic carbocycles. The van der Waals surface area contributed by atoms with E-state index in [9.17, 15) is 9.65 Å². The van der Waals surface area contributed by atoms with Crippen LogP contribution in [0.5, 0.6) is 0 Å². The fourth-order valence-electron chi connectivity index (χ4n) is 9.69. The number of halogens is 5. The number of fused-ring (bicyclic) bond motifs is 6. The van der Waals surface area contributed by atoms with E-state index in [0.29, 0.717) is 22.1 Å². The highest BCUT2D eigenvalue weighted by Crippen LogP contribution is 2.46. The molecular weight excluding hydrogens is 874 g/mol. The molecule has 0 unspecified atom stereocenters. The Kier molecular flexibility index (Phi) is 9.74. The molecule has 0 N–H and O–H groups in total. The fraction of sp³-hybridized carbons (Fsp3) is 0. The first-order chi connectivity index (χ1) is 33.8. The Morgan fingerprint density at radius 1 is 0.348 bits per heavy atom. The van der Waals surface area contributed by atoms with Crippen molar-refractivity contribution in [1.29, 1.82) is 5.26 Å². The fourth-order valence-corrected chi connectivity index (χ4v) is 9.69. The molecule has 69 heavy (non-hydrogen) atoms. The van der Waals surface area contributed by atoms with E-state index >= 15 is 17.6 Å². The molecule has 0 radical (unpaired) electrons. The van der Waals surface area contributed by atoms with Crippen LogP contribution in [0, 0.1) is 40.4 Å². The highest BCUT2D eigenvalue weighted by molar-refractivity contribution is 6.13. The number of nitriles is 1. The van der Waals surface area contributed by atoms with Gasteiger partial charge in [-0.1, -0.05) is 109 Å². The van der Waals surface area contributed by atoms with Gasteiger partial charge >= 0.3 is 0 Å². The quantitative estimate of drug-likeness (QED) is 0.0909. The first kappa shape index (κ1) is 41.2. The molecule has 4 heterocycles. The van der Waals surface area contributed by atoms with Crippen LogP contribution in [0.1, 0.15) is 5.56 Å². The highest BCUT2D eigenvalue weighted by atomic mass is 19.2. The third-order valence-electron chi connectivity index (χ3n) is 12.8. The lowest BCUT2D eigenvalue weighted by molar-refractivity contribution is 0.381. The van der Waals surface area contributed by atoms with Crippen LogP contribution in [0.3, 0.4) is 0 Å². The molecule has 8 aromatic carbocycles. The standard InChI is InChI=1S/C59H32F5N5/c60-55-54(56(61)58(63)59(64)57(55)62)53-51(68-47-17-9-7-15-41(47)43-29-37(19-21-49(43)68)39-23-25-66-45(31-39)35-11-3-1-4-12-35)27-34(33-65)28-52(53)69-48-18-10-8-16-42(48)44-30-38(20-22-50(44)69)40-24-26-67-46(32-40)36-13-5-2-6-14-36/h1-32H. The zero-order chi connectivity index (χ0) is 46.9. The lowest BCUT2D eigenvalue weighted by Crippen LogP contribution is -2.10. The van der Waals surface area contributed by atoms with Crippen molar-refractivity contribution in [2.75, 3.05) is 0 Å². The summed E-state index contributed by atoms with van der Waals surface area (Å²) in [5.41, 5.74) is 7.83. The van der Waals surface area contributed by atoms with Crippen molar-refractivity contribution in [3.05, 3.63) is 229 Å². The maximum absolute atomic E-state index is 16.7. The Bertz CT molecular complexity index is 3850. The van der Waals surface area contributed by atoms with Crippen LogP contribution < -0.4 is 0 Å². The summed E-state index contributed by atoms with van der Waals surface area (Å²) in [7, 11) is 0. The predicted molar refractivity (Wildman–Crippen MR) is 262 cm³/mol. The molecule has 0 amide bonds. The van der Waals surface area contributed by atoms with Gasteiger partial charge in [0.1, 0.15) is 0 Å². The number of benzene rings is 8. The maximum atomic E-state index is 16.7. The van der Waals surface area contributed by atoms with Gasteiger partial charge in [0.05, 0.1) is 62.0 Å². The lowest BCUT2D eigenvalue weighted by atomic mass is 9.96. The molecule has 12 rings (SSSR count). The van der Waals surface area contributed by atoms with E-state index in [1.807, 2.05) is 158 Å². The van der Waals surface area contributed by atoms with Gasteiger partial charge in [0.25, 0.3) is 0 Å². The molecule has 0 bridgehead atoms. The Morgan fingerprint density at radius 3 is 1.19 bits per heavy atom. The van der Waals surface area contributed by atoms with Crippen molar-refractivity contribution in [3.8, 4) is 73.3 Å². The average Bonchev–Trinajstić information content (AvgIpc) is 3.92. The van der Waals surface area contributed by atoms with Crippen molar-refractivity contribution < 1.29 is 22.0 Å². The van der Waals surface area contributed by atoms with Gasteiger partial charge in [-0.2, -0.15) is 5.26 Å². The summed E-state index contributed by atoms with van der Waals surface area (Å²) < 4.78 is 83.3. The van der Waals surface area contributed by atoms with Crippen LogP contribution in [-0.4, -0.2) is 19.1 Å². The molecule has 0 aliphatic rings. The van der Waals surface area contributed by atoms with E-state index in [0.717, 1.165) is 66.3 Å². The molecule has 0 fully saturated rings. The second kappa shape index (κ2) is 16.3. The Labute approximate surface area is 390 Å².